The first-order valence-corrected chi connectivity index (χ1v) is 25.8. The molecule has 3 aliphatic heterocycles. The van der Waals surface area contributed by atoms with Crippen LogP contribution < -0.4 is 28.1 Å². The van der Waals surface area contributed by atoms with Crippen LogP contribution in [0.15, 0.2) is 120 Å². The van der Waals surface area contributed by atoms with E-state index in [1.54, 1.807) is 71.3 Å². The van der Waals surface area contributed by atoms with Crippen molar-refractivity contribution < 1.29 is 63.1 Å². The second-order valence-electron chi connectivity index (χ2n) is 16.7. The van der Waals surface area contributed by atoms with Gasteiger partial charge in [0.1, 0.15) is 23.4 Å². The van der Waals surface area contributed by atoms with Gasteiger partial charge in [-0.1, -0.05) is 77.6 Å². The molecule has 25 nitrogen and oxygen atoms in total. The average molecular weight is 1330 g/mol. The molecular weight excluding hydrogens is 1280 g/mol. The van der Waals surface area contributed by atoms with Crippen LogP contribution in [0.3, 0.4) is 0 Å². The molecule has 6 aromatic rings. The van der Waals surface area contributed by atoms with Gasteiger partial charge in [0.25, 0.3) is 29.6 Å². The summed E-state index contributed by atoms with van der Waals surface area (Å²) in [6.45, 7) is 11.9. The number of carboxylic acids is 1. The highest BCUT2D eigenvalue weighted by atomic mass is 79.9. The van der Waals surface area contributed by atoms with E-state index in [4.69, 9.17) is 41.3 Å². The quantitative estimate of drug-likeness (QED) is 0.0181. The molecule has 428 valence electrons. The largest absolute Gasteiger partial charge is 0.481 e. The predicted molar refractivity (Wildman–Crippen MR) is 309 cm³/mol. The summed E-state index contributed by atoms with van der Waals surface area (Å²) in [5, 5.41) is 30.9. The number of fused-ring (bicyclic) bond motifs is 3. The minimum atomic E-state index is -0.833. The lowest BCUT2D eigenvalue weighted by atomic mass is 10.1. The maximum atomic E-state index is 12.2. The number of nitrogens with zero attached hydrogens (tertiary/aromatic N) is 5. The Morgan fingerprint density at radius 1 is 0.568 bits per heavy atom. The number of aliphatic carboxylic acids is 1. The Bertz CT molecular complexity index is 3480. The monoisotopic (exact) mass is 1330 g/mol. The van der Waals surface area contributed by atoms with Crippen molar-refractivity contribution in [3.8, 4) is 0 Å². The Morgan fingerprint density at radius 3 is 1.19 bits per heavy atom. The van der Waals surface area contributed by atoms with Gasteiger partial charge in [-0.25, -0.2) is 24.5 Å². The number of benzene rings is 3. The summed E-state index contributed by atoms with van der Waals surface area (Å²) in [5.74, 6) is 5.50. The number of carboxylic acid groups (broad SMARTS) is 1. The third-order valence-electron chi connectivity index (χ3n) is 11.3. The first kappa shape index (κ1) is 67.5. The number of hydrogen-bond donors (Lipinski definition) is 8. The second-order valence-corrected chi connectivity index (χ2v) is 19.9. The fourth-order valence-corrected chi connectivity index (χ4v) is 8.20. The normalized spacial score (nSPS) is 13.4. The number of anilines is 2. The number of aromatic nitrogens is 3. The topological polar surface area (TPSA) is 383 Å². The lowest BCUT2D eigenvalue weighted by Crippen LogP contribution is -2.37. The molecule has 3 aliphatic rings. The predicted octanol–water partition coefficient (Wildman–Crippen LogP) is 7.64. The number of cyclic esters (lactones) is 2. The van der Waals surface area contributed by atoms with Gasteiger partial charge in [0.2, 0.25) is 0 Å². The van der Waals surface area contributed by atoms with Gasteiger partial charge in [0, 0.05) is 92.4 Å². The zero-order valence-corrected chi connectivity index (χ0v) is 49.7. The smallest absolute Gasteiger partial charge is 0.342 e. The van der Waals surface area contributed by atoms with E-state index in [0.29, 0.717) is 72.4 Å². The van der Waals surface area contributed by atoms with Gasteiger partial charge in [0.15, 0.2) is 0 Å². The molecule has 10 N–H and O–H groups in total. The average Bonchev–Trinajstić information content (AvgIpc) is 3.85. The summed E-state index contributed by atoms with van der Waals surface area (Å²) in [6.07, 6.45) is 0. The third-order valence-corrected chi connectivity index (χ3v) is 13.0. The van der Waals surface area contributed by atoms with Crippen LogP contribution in [0.2, 0.25) is 5.15 Å². The van der Waals surface area contributed by atoms with Gasteiger partial charge >= 0.3 is 17.9 Å². The molecule has 6 heterocycles. The minimum Gasteiger partial charge on any atom is -0.481 e. The molecule has 0 bridgehead atoms. The summed E-state index contributed by atoms with van der Waals surface area (Å²) < 4.78 is 12.0. The van der Waals surface area contributed by atoms with E-state index >= 15 is 0 Å². The molecule has 0 atom stereocenters. The highest BCUT2D eigenvalue weighted by Gasteiger charge is 2.35. The Balaban J connectivity index is 0.000000284. The number of nitrogens with two attached hydrogens (primary N) is 2. The van der Waals surface area contributed by atoms with Crippen molar-refractivity contribution in [2.24, 2.45) is 11.7 Å². The number of pyridine rings is 3. The summed E-state index contributed by atoms with van der Waals surface area (Å²) in [7, 11) is 0. The number of carbonyl (C=O) groups excluding carboxylic acids is 7. The Kier molecular flexibility index (Phi) is 26.0. The summed E-state index contributed by atoms with van der Waals surface area (Å²) in [6, 6.07) is 21.7. The molecule has 9 rings (SSSR count). The van der Waals surface area contributed by atoms with Gasteiger partial charge in [-0.05, 0) is 107 Å². The van der Waals surface area contributed by atoms with Gasteiger partial charge in [0.05, 0.1) is 29.8 Å². The van der Waals surface area contributed by atoms with Gasteiger partial charge in [-0.3, -0.25) is 51.3 Å². The second kappa shape index (κ2) is 31.3. The number of hydrogen-bond acceptors (Lipinski definition) is 22. The van der Waals surface area contributed by atoms with Crippen LogP contribution in [0.5, 0.6) is 0 Å². The Hall–Kier alpha value is -7.80. The number of aliphatic hydroxyl groups is 2. The van der Waals surface area contributed by atoms with E-state index in [1.807, 2.05) is 48.5 Å². The van der Waals surface area contributed by atoms with E-state index in [2.05, 4.69) is 90.0 Å². The van der Waals surface area contributed by atoms with E-state index < -0.39 is 47.5 Å². The first-order valence-electron chi connectivity index (χ1n) is 23.1. The lowest BCUT2D eigenvalue weighted by Gasteiger charge is -2.18. The van der Waals surface area contributed by atoms with E-state index in [9.17, 15) is 38.7 Å². The Labute approximate surface area is 491 Å². The number of imide groups is 2. The number of rotatable bonds is 8. The zero-order valence-electron chi connectivity index (χ0n) is 44.2. The molecule has 0 saturated heterocycles. The van der Waals surface area contributed by atoms with Crippen LogP contribution in [-0.2, 0) is 67.7 Å². The van der Waals surface area contributed by atoms with Gasteiger partial charge < -0.3 is 24.8 Å². The van der Waals surface area contributed by atoms with Crippen LogP contribution in [-0.4, -0.2) is 87.8 Å². The number of amides is 4. The third kappa shape index (κ3) is 18.1. The van der Waals surface area contributed by atoms with Gasteiger partial charge in [-0.15, -0.1) is 0 Å². The molecule has 0 saturated carbocycles. The standard InChI is InChI=1S/C18H16BrN3O4.C16H14BrN3O3.C10H7BrClNO.C6H6O3.C2H4O2.H5N3.O2/c1-9-10(2)18(25)22(17(9)24)21-16-6-12(8-26-11(3)23)14-5-4-13(19)7-15(14)20-16;1-8-9(2)16(23)20(15(8)22)19-14-5-10(7-21)12-4-3-11(17)6-13(12)18-14;11-7-1-2-8-6(5-14)3-10(12)13-9(8)4-7;1-3-4(2)6(8)9-5(3)7;1-2(3)4;1-3-2;1-2/h4-7H,8H2,1-3H3,(H,20,21);3-6,21H,7H2,1-2H3,(H,18,19);1-4,14H,5H2;1-2H3;1H3,(H,3,4);3H,1-2H2;. The summed E-state index contributed by atoms with van der Waals surface area (Å²) >= 11 is 15.9. The number of hydrazine groups is 4. The summed E-state index contributed by atoms with van der Waals surface area (Å²) in [4.78, 5) is 117. The molecule has 3 aromatic carbocycles. The number of esters is 3. The zero-order chi connectivity index (χ0) is 61.2. The number of halogens is 4. The molecule has 3 aromatic heterocycles. The molecule has 4 amide bonds. The maximum Gasteiger partial charge on any atom is 0.342 e. The van der Waals surface area contributed by atoms with E-state index in [0.717, 1.165) is 57.6 Å². The van der Waals surface area contributed by atoms with Crippen molar-refractivity contribution in [2.75, 3.05) is 10.9 Å². The van der Waals surface area contributed by atoms with Crippen LogP contribution >= 0.6 is 59.4 Å². The maximum absolute atomic E-state index is 12.2. The van der Waals surface area contributed by atoms with Crippen molar-refractivity contribution in [1.29, 1.82) is 0 Å². The van der Waals surface area contributed by atoms with Crippen LogP contribution in [0.1, 0.15) is 72.1 Å². The SMILES string of the molecule is CC(=O)O.CC(=O)OCc1cc(NN2C(=O)C(C)=C(C)C2=O)nc2cc(Br)ccc12.CC1=C(C)C(=O)N(Nc2cc(CO)c3ccc(Br)cc3n2)C1=O.CC1=C(C)C(=O)OC1=O.NNN.O=O.OCc1cc(Cl)nc2cc(Br)ccc12. The van der Waals surface area contributed by atoms with Crippen molar-refractivity contribution in [1.82, 2.24) is 30.5 Å². The first-order chi connectivity index (χ1) is 38.2. The molecule has 0 spiro atoms. The number of aliphatic hydroxyl groups excluding tert-OH is 2. The minimum absolute atomic E-state index is 0.0274. The van der Waals surface area contributed by atoms with Crippen molar-refractivity contribution in [2.45, 2.75) is 75.2 Å². The Morgan fingerprint density at radius 2 is 0.877 bits per heavy atom. The van der Waals surface area contributed by atoms with Crippen molar-refractivity contribution in [3.05, 3.63) is 151 Å². The molecule has 0 aliphatic carbocycles. The fraction of sp³-hybridized carbons (Fsp3) is 0.212. The van der Waals surface area contributed by atoms with E-state index in [1.165, 1.54) is 6.92 Å². The van der Waals surface area contributed by atoms with Gasteiger partial charge in [-0.2, -0.15) is 15.6 Å². The van der Waals surface area contributed by atoms with E-state index in [-0.39, 0.29) is 19.8 Å². The number of nitrogens with one attached hydrogen (secondary N) is 3. The molecule has 0 fully saturated rings. The molecule has 29 heteroatoms. The molecular formula is C52H52Br3ClN10O15. The highest BCUT2D eigenvalue weighted by molar-refractivity contribution is 9.11. The highest BCUT2D eigenvalue weighted by Crippen LogP contribution is 2.29. The van der Waals surface area contributed by atoms with Crippen LogP contribution in [0.4, 0.5) is 11.6 Å². The lowest BCUT2D eigenvalue weighted by molar-refractivity contribution is -0.151. The molecule has 0 radical (unpaired) electrons. The van der Waals surface area contributed by atoms with Crippen LogP contribution in [0.25, 0.3) is 32.7 Å². The summed E-state index contributed by atoms with van der Waals surface area (Å²) in [5.41, 5.74) is 13.9. The fourth-order valence-electron chi connectivity index (χ4n) is 6.93. The molecule has 0 unspecified atom stereocenters. The van der Waals surface area contributed by atoms with Crippen molar-refractivity contribution in [3.63, 3.8) is 0 Å². The number of carbonyl (C=O) groups is 8. The number of ether oxygens (including phenoxy) is 2. The van der Waals surface area contributed by atoms with Crippen molar-refractivity contribution >= 4 is 151 Å². The molecule has 81 heavy (non-hydrogen) atoms. The van der Waals surface area contributed by atoms with Crippen LogP contribution in [0, 0.1) is 9.93 Å².